The Kier molecular flexibility index (Phi) is 3.25. The quantitative estimate of drug-likeness (QED) is 0.776. The summed E-state index contributed by atoms with van der Waals surface area (Å²) in [4.78, 5) is 11.7. The Balaban J connectivity index is 2.00. The second kappa shape index (κ2) is 4.84. The van der Waals surface area contributed by atoms with E-state index in [-0.39, 0.29) is 5.78 Å². The highest BCUT2D eigenvalue weighted by Gasteiger charge is 2.15. The summed E-state index contributed by atoms with van der Waals surface area (Å²) >= 11 is 0. The van der Waals surface area contributed by atoms with Crippen LogP contribution < -0.4 is 4.74 Å². The van der Waals surface area contributed by atoms with E-state index in [9.17, 15) is 4.79 Å². The molecule has 0 aliphatic carbocycles. The van der Waals surface area contributed by atoms with E-state index in [4.69, 9.17) is 9.47 Å². The molecule has 3 heteroatoms. The lowest BCUT2D eigenvalue weighted by Crippen LogP contribution is -2.06. The van der Waals surface area contributed by atoms with Gasteiger partial charge in [-0.1, -0.05) is 12.1 Å². The lowest BCUT2D eigenvalue weighted by molar-refractivity contribution is -0.117. The molecule has 2 rings (SSSR count). The molecule has 3 nitrogen and oxygen atoms in total. The normalized spacial score (nSPS) is 14.2. The van der Waals surface area contributed by atoms with Gasteiger partial charge in [-0.2, -0.15) is 0 Å². The summed E-state index contributed by atoms with van der Waals surface area (Å²) in [6, 6.07) is 7.50. The summed E-state index contributed by atoms with van der Waals surface area (Å²) in [5.74, 6) is 1.35. The second-order valence-electron chi connectivity index (χ2n) is 3.65. The molecule has 1 heterocycles. The van der Waals surface area contributed by atoms with Gasteiger partial charge in [-0.05, 0) is 23.8 Å². The predicted molar refractivity (Wildman–Crippen MR) is 60.4 cm³/mol. The van der Waals surface area contributed by atoms with Crippen molar-refractivity contribution >= 4 is 5.78 Å². The fourth-order valence-electron chi connectivity index (χ4n) is 1.63. The molecule has 0 aromatic heterocycles. The highest BCUT2D eigenvalue weighted by molar-refractivity contribution is 5.95. The van der Waals surface area contributed by atoms with Gasteiger partial charge in [0.2, 0.25) is 5.78 Å². The molecule has 0 radical (unpaired) electrons. The molecule has 0 fully saturated rings. The van der Waals surface area contributed by atoms with Gasteiger partial charge >= 0.3 is 0 Å². The number of rotatable bonds is 4. The fraction of sp³-hybridized carbons (Fsp3) is 0.308. The smallest absolute Gasteiger partial charge is 0.201 e. The molecule has 0 bridgehead atoms. The molecule has 1 aromatic rings. The van der Waals surface area contributed by atoms with Crippen molar-refractivity contribution in [2.45, 2.75) is 12.8 Å². The Labute approximate surface area is 94.7 Å². The zero-order chi connectivity index (χ0) is 11.4. The zero-order valence-corrected chi connectivity index (χ0v) is 9.23. The first kappa shape index (κ1) is 10.7. The number of hydrogen-bond donors (Lipinski definition) is 0. The van der Waals surface area contributed by atoms with Gasteiger partial charge in [0.1, 0.15) is 5.75 Å². The molecule has 84 valence electrons. The number of allylic oxidation sites excluding steroid dienone is 1. The number of benzene rings is 1. The predicted octanol–water partition coefficient (Wildman–Crippen LogP) is 2.11. The SMILES string of the molecule is COc1ccc(CC(=O)C2=CCCO2)cc1. The fourth-order valence-corrected chi connectivity index (χ4v) is 1.63. The third kappa shape index (κ3) is 2.42. The van der Waals surface area contributed by atoms with Crippen LogP contribution in [0.25, 0.3) is 0 Å². The average Bonchev–Trinajstić information content (AvgIpc) is 2.83. The Hall–Kier alpha value is -1.77. The van der Waals surface area contributed by atoms with Crippen molar-refractivity contribution in [3.05, 3.63) is 41.7 Å². The monoisotopic (exact) mass is 218 g/mol. The summed E-state index contributed by atoms with van der Waals surface area (Å²) in [6.45, 7) is 0.629. The first-order valence-corrected chi connectivity index (χ1v) is 5.28. The van der Waals surface area contributed by atoms with Gasteiger partial charge in [-0.15, -0.1) is 0 Å². The second-order valence-corrected chi connectivity index (χ2v) is 3.65. The van der Waals surface area contributed by atoms with Gasteiger partial charge < -0.3 is 9.47 Å². The van der Waals surface area contributed by atoms with Crippen LogP contribution in [0.5, 0.6) is 5.75 Å². The summed E-state index contributed by atoms with van der Waals surface area (Å²) in [5.41, 5.74) is 0.974. The van der Waals surface area contributed by atoms with Crippen molar-refractivity contribution in [3.63, 3.8) is 0 Å². The Morgan fingerprint density at radius 2 is 2.12 bits per heavy atom. The van der Waals surface area contributed by atoms with Crippen LogP contribution in [-0.4, -0.2) is 19.5 Å². The van der Waals surface area contributed by atoms with Crippen molar-refractivity contribution in [1.29, 1.82) is 0 Å². The van der Waals surface area contributed by atoms with E-state index in [2.05, 4.69) is 0 Å². The van der Waals surface area contributed by atoms with Crippen molar-refractivity contribution in [1.82, 2.24) is 0 Å². The van der Waals surface area contributed by atoms with Crippen molar-refractivity contribution in [2.75, 3.05) is 13.7 Å². The molecule has 1 aliphatic rings. The maximum Gasteiger partial charge on any atom is 0.201 e. The highest BCUT2D eigenvalue weighted by Crippen LogP contribution is 2.15. The first-order valence-electron chi connectivity index (χ1n) is 5.28. The van der Waals surface area contributed by atoms with Gasteiger partial charge in [-0.25, -0.2) is 0 Å². The van der Waals surface area contributed by atoms with E-state index in [1.54, 1.807) is 7.11 Å². The number of ether oxygens (including phenoxy) is 2. The van der Waals surface area contributed by atoms with Gasteiger partial charge in [0.05, 0.1) is 13.7 Å². The van der Waals surface area contributed by atoms with Gasteiger partial charge in [0.25, 0.3) is 0 Å². The molecule has 0 atom stereocenters. The van der Waals surface area contributed by atoms with Crippen LogP contribution in [0.3, 0.4) is 0 Å². The maximum atomic E-state index is 11.7. The Morgan fingerprint density at radius 3 is 2.69 bits per heavy atom. The molecular formula is C13H14O3. The van der Waals surface area contributed by atoms with Crippen LogP contribution in [0.4, 0.5) is 0 Å². The summed E-state index contributed by atoms with van der Waals surface area (Å²) in [6.07, 6.45) is 3.07. The van der Waals surface area contributed by atoms with Crippen LogP contribution >= 0.6 is 0 Å². The van der Waals surface area contributed by atoms with Crippen LogP contribution in [-0.2, 0) is 16.0 Å². The summed E-state index contributed by atoms with van der Waals surface area (Å²) in [7, 11) is 1.62. The van der Waals surface area contributed by atoms with Gasteiger partial charge in [0, 0.05) is 12.8 Å². The summed E-state index contributed by atoms with van der Waals surface area (Å²) < 4.78 is 10.3. The molecule has 16 heavy (non-hydrogen) atoms. The van der Waals surface area contributed by atoms with Crippen LogP contribution in [0.15, 0.2) is 36.1 Å². The third-order valence-corrected chi connectivity index (χ3v) is 2.50. The number of ketones is 1. The van der Waals surface area contributed by atoms with E-state index in [1.807, 2.05) is 30.3 Å². The number of carbonyl (C=O) groups excluding carboxylic acids is 1. The van der Waals surface area contributed by atoms with Crippen LogP contribution in [0.2, 0.25) is 0 Å². The molecule has 0 unspecified atom stereocenters. The Bertz CT molecular complexity index is 404. The molecular weight excluding hydrogens is 204 g/mol. The molecule has 0 saturated heterocycles. The lowest BCUT2D eigenvalue weighted by Gasteiger charge is -2.04. The first-order chi connectivity index (χ1) is 7.79. The van der Waals surface area contributed by atoms with Gasteiger partial charge in [0.15, 0.2) is 5.76 Å². The molecule has 0 spiro atoms. The lowest BCUT2D eigenvalue weighted by atomic mass is 10.1. The van der Waals surface area contributed by atoms with Crippen molar-refractivity contribution < 1.29 is 14.3 Å². The van der Waals surface area contributed by atoms with E-state index in [0.29, 0.717) is 18.8 Å². The number of methoxy groups -OCH3 is 1. The highest BCUT2D eigenvalue weighted by atomic mass is 16.5. The third-order valence-electron chi connectivity index (χ3n) is 2.50. The van der Waals surface area contributed by atoms with E-state index in [0.717, 1.165) is 17.7 Å². The minimum Gasteiger partial charge on any atom is -0.497 e. The van der Waals surface area contributed by atoms with Crippen LogP contribution in [0, 0.1) is 0 Å². The number of carbonyl (C=O) groups is 1. The standard InChI is InChI=1S/C13H14O3/c1-15-11-6-4-10(5-7-11)9-12(14)13-3-2-8-16-13/h3-7H,2,8-9H2,1H3. The topological polar surface area (TPSA) is 35.5 Å². The van der Waals surface area contributed by atoms with Crippen LogP contribution in [0.1, 0.15) is 12.0 Å². The summed E-state index contributed by atoms with van der Waals surface area (Å²) in [5, 5.41) is 0. The Morgan fingerprint density at radius 1 is 1.38 bits per heavy atom. The van der Waals surface area contributed by atoms with E-state index >= 15 is 0 Å². The molecule has 1 aromatic carbocycles. The average molecular weight is 218 g/mol. The minimum atomic E-state index is 0.0441. The largest absolute Gasteiger partial charge is 0.497 e. The maximum absolute atomic E-state index is 11.7. The van der Waals surface area contributed by atoms with E-state index < -0.39 is 0 Å². The molecule has 0 amide bonds. The number of hydrogen-bond acceptors (Lipinski definition) is 3. The van der Waals surface area contributed by atoms with Crippen molar-refractivity contribution in [2.24, 2.45) is 0 Å². The van der Waals surface area contributed by atoms with Crippen molar-refractivity contribution in [3.8, 4) is 5.75 Å². The zero-order valence-electron chi connectivity index (χ0n) is 9.23. The molecule has 0 N–H and O–H groups in total. The minimum absolute atomic E-state index is 0.0441. The molecule has 0 saturated carbocycles. The van der Waals surface area contributed by atoms with Gasteiger partial charge in [-0.3, -0.25) is 4.79 Å². The van der Waals surface area contributed by atoms with E-state index in [1.165, 1.54) is 0 Å². The number of Topliss-reactive ketones (excluding diaryl/α,β-unsaturated/α-hetero) is 1. The molecule has 1 aliphatic heterocycles.